The zero-order valence-corrected chi connectivity index (χ0v) is 12.2. The van der Waals surface area contributed by atoms with Gasteiger partial charge in [-0.1, -0.05) is 11.6 Å². The number of carbonyl (C=O) groups is 1. The SMILES string of the molecule is COC(=O)C1CCn2c(-c3ccc(F)cc3)nc(Cl)c2C1. The molecule has 0 bridgehead atoms. The Labute approximate surface area is 126 Å². The maximum absolute atomic E-state index is 13.0. The first-order valence-electron chi connectivity index (χ1n) is 6.69. The Morgan fingerprint density at radius 3 is 2.81 bits per heavy atom. The lowest BCUT2D eigenvalue weighted by Gasteiger charge is -2.23. The van der Waals surface area contributed by atoms with Crippen LogP contribution in [0.25, 0.3) is 11.4 Å². The minimum atomic E-state index is -0.291. The number of imidazole rings is 1. The smallest absolute Gasteiger partial charge is 0.309 e. The van der Waals surface area contributed by atoms with Crippen LogP contribution in [-0.2, 0) is 22.5 Å². The fourth-order valence-corrected chi connectivity index (χ4v) is 2.96. The minimum Gasteiger partial charge on any atom is -0.469 e. The van der Waals surface area contributed by atoms with Gasteiger partial charge in [0.1, 0.15) is 11.6 Å². The van der Waals surface area contributed by atoms with Crippen LogP contribution in [0.15, 0.2) is 24.3 Å². The third-order valence-electron chi connectivity index (χ3n) is 3.80. The molecule has 0 spiro atoms. The number of rotatable bonds is 2. The third kappa shape index (κ3) is 2.53. The van der Waals surface area contributed by atoms with Gasteiger partial charge in [0.2, 0.25) is 0 Å². The average Bonchev–Trinajstić information content (AvgIpc) is 2.84. The number of halogens is 2. The molecule has 0 radical (unpaired) electrons. The first-order valence-corrected chi connectivity index (χ1v) is 7.06. The maximum atomic E-state index is 13.0. The largest absolute Gasteiger partial charge is 0.469 e. The number of hydrogen-bond donors (Lipinski definition) is 0. The Morgan fingerprint density at radius 2 is 2.14 bits per heavy atom. The van der Waals surface area contributed by atoms with Gasteiger partial charge in [0.15, 0.2) is 5.15 Å². The van der Waals surface area contributed by atoms with Crippen LogP contribution in [0.5, 0.6) is 0 Å². The fraction of sp³-hybridized carbons (Fsp3) is 0.333. The molecule has 0 saturated heterocycles. The van der Waals surface area contributed by atoms with Crippen molar-refractivity contribution in [3.63, 3.8) is 0 Å². The number of carbonyl (C=O) groups excluding carboxylic acids is 1. The Hall–Kier alpha value is -1.88. The van der Waals surface area contributed by atoms with Crippen LogP contribution in [0.4, 0.5) is 4.39 Å². The molecule has 1 aliphatic rings. The highest BCUT2D eigenvalue weighted by atomic mass is 35.5. The molecule has 2 aromatic rings. The molecule has 3 rings (SSSR count). The van der Waals surface area contributed by atoms with E-state index < -0.39 is 0 Å². The van der Waals surface area contributed by atoms with Crippen molar-refractivity contribution in [2.45, 2.75) is 19.4 Å². The van der Waals surface area contributed by atoms with Crippen molar-refractivity contribution < 1.29 is 13.9 Å². The quantitative estimate of drug-likeness (QED) is 0.801. The molecule has 0 saturated carbocycles. The third-order valence-corrected chi connectivity index (χ3v) is 4.10. The molecule has 1 aromatic heterocycles. The summed E-state index contributed by atoms with van der Waals surface area (Å²) in [6.07, 6.45) is 1.19. The predicted octanol–water partition coefficient (Wildman–Crippen LogP) is 3.08. The van der Waals surface area contributed by atoms with Gasteiger partial charge in [0.05, 0.1) is 18.7 Å². The van der Waals surface area contributed by atoms with Crippen molar-refractivity contribution in [1.82, 2.24) is 9.55 Å². The van der Waals surface area contributed by atoms with Crippen molar-refractivity contribution in [2.24, 2.45) is 5.92 Å². The first-order chi connectivity index (χ1) is 10.1. The Kier molecular flexibility index (Phi) is 3.68. The van der Waals surface area contributed by atoms with Gasteiger partial charge in [-0.3, -0.25) is 4.79 Å². The molecular formula is C15H14ClFN2O2. The lowest BCUT2D eigenvalue weighted by Crippen LogP contribution is -2.26. The summed E-state index contributed by atoms with van der Waals surface area (Å²) in [5.41, 5.74) is 1.64. The van der Waals surface area contributed by atoms with E-state index in [0.717, 1.165) is 11.3 Å². The van der Waals surface area contributed by atoms with E-state index >= 15 is 0 Å². The summed E-state index contributed by atoms with van der Waals surface area (Å²) >= 11 is 6.20. The monoisotopic (exact) mass is 308 g/mol. The van der Waals surface area contributed by atoms with Gasteiger partial charge in [-0.05, 0) is 30.7 Å². The normalized spacial score (nSPS) is 17.4. The predicted molar refractivity (Wildman–Crippen MR) is 76.5 cm³/mol. The van der Waals surface area contributed by atoms with Crippen molar-refractivity contribution in [3.05, 3.63) is 40.9 Å². The summed E-state index contributed by atoms with van der Waals surface area (Å²) < 4.78 is 19.8. The number of benzene rings is 1. The van der Waals surface area contributed by atoms with Crippen LogP contribution in [-0.4, -0.2) is 22.6 Å². The molecule has 0 amide bonds. The van der Waals surface area contributed by atoms with Crippen molar-refractivity contribution in [2.75, 3.05) is 7.11 Å². The highest BCUT2D eigenvalue weighted by Crippen LogP contribution is 2.32. The summed E-state index contributed by atoms with van der Waals surface area (Å²) in [7, 11) is 1.39. The molecule has 21 heavy (non-hydrogen) atoms. The number of fused-ring (bicyclic) bond motifs is 1. The number of ether oxygens (including phenoxy) is 1. The topological polar surface area (TPSA) is 44.1 Å². The highest BCUT2D eigenvalue weighted by Gasteiger charge is 2.29. The van der Waals surface area contributed by atoms with Crippen LogP contribution in [0.3, 0.4) is 0 Å². The molecule has 2 heterocycles. The molecule has 1 atom stereocenters. The summed E-state index contributed by atoms with van der Waals surface area (Å²) in [5, 5.41) is 0.392. The van der Waals surface area contributed by atoms with Crippen LogP contribution < -0.4 is 0 Å². The van der Waals surface area contributed by atoms with Gasteiger partial charge in [-0.15, -0.1) is 0 Å². The second-order valence-electron chi connectivity index (χ2n) is 5.04. The van der Waals surface area contributed by atoms with E-state index in [9.17, 15) is 9.18 Å². The van der Waals surface area contributed by atoms with Gasteiger partial charge in [0.25, 0.3) is 0 Å². The standard InChI is InChI=1S/C15H14ClFN2O2/c1-21-15(20)10-6-7-19-12(8-10)13(16)18-14(19)9-2-4-11(17)5-3-9/h2-5,10H,6-8H2,1H3. The average molecular weight is 309 g/mol. The van der Waals surface area contributed by atoms with E-state index in [-0.39, 0.29) is 17.7 Å². The van der Waals surface area contributed by atoms with Crippen LogP contribution in [0, 0.1) is 11.7 Å². The van der Waals surface area contributed by atoms with Crippen molar-refractivity contribution >= 4 is 17.6 Å². The number of aromatic nitrogens is 2. The molecule has 0 fully saturated rings. The van der Waals surface area contributed by atoms with E-state index in [1.165, 1.54) is 19.2 Å². The van der Waals surface area contributed by atoms with Gasteiger partial charge in [0, 0.05) is 18.5 Å². The second kappa shape index (κ2) is 5.48. The zero-order chi connectivity index (χ0) is 15.0. The maximum Gasteiger partial charge on any atom is 0.309 e. The summed E-state index contributed by atoms with van der Waals surface area (Å²) in [5.74, 6) is 0.0129. The summed E-state index contributed by atoms with van der Waals surface area (Å²) in [6, 6.07) is 6.14. The molecule has 0 N–H and O–H groups in total. The fourth-order valence-electron chi connectivity index (χ4n) is 2.70. The number of nitrogens with zero attached hydrogens (tertiary/aromatic N) is 2. The van der Waals surface area contributed by atoms with E-state index in [4.69, 9.17) is 16.3 Å². The van der Waals surface area contributed by atoms with Crippen molar-refractivity contribution in [1.29, 1.82) is 0 Å². The zero-order valence-electron chi connectivity index (χ0n) is 11.5. The minimum absolute atomic E-state index is 0.183. The highest BCUT2D eigenvalue weighted by molar-refractivity contribution is 6.30. The van der Waals surface area contributed by atoms with Gasteiger partial charge >= 0.3 is 5.97 Å². The Morgan fingerprint density at radius 1 is 1.43 bits per heavy atom. The summed E-state index contributed by atoms with van der Waals surface area (Å²) in [6.45, 7) is 0.640. The molecular weight excluding hydrogens is 295 g/mol. The van der Waals surface area contributed by atoms with Crippen molar-refractivity contribution in [3.8, 4) is 11.4 Å². The van der Waals surface area contributed by atoms with Crippen LogP contribution in [0.2, 0.25) is 5.15 Å². The van der Waals surface area contributed by atoms with Gasteiger partial charge in [-0.25, -0.2) is 9.37 Å². The van der Waals surface area contributed by atoms with E-state index in [1.807, 2.05) is 4.57 Å². The summed E-state index contributed by atoms with van der Waals surface area (Å²) in [4.78, 5) is 16.0. The molecule has 110 valence electrons. The van der Waals surface area contributed by atoms with E-state index in [1.54, 1.807) is 12.1 Å². The molecule has 1 aliphatic heterocycles. The molecule has 6 heteroatoms. The van der Waals surface area contributed by atoms with E-state index in [2.05, 4.69) is 4.98 Å². The molecule has 1 aromatic carbocycles. The molecule has 1 unspecified atom stereocenters. The van der Waals surface area contributed by atoms with E-state index in [0.29, 0.717) is 30.4 Å². The van der Waals surface area contributed by atoms with Crippen LogP contribution >= 0.6 is 11.6 Å². The molecule has 4 nitrogen and oxygen atoms in total. The number of esters is 1. The lowest BCUT2D eigenvalue weighted by molar-refractivity contribution is -0.146. The lowest BCUT2D eigenvalue weighted by atomic mass is 9.96. The van der Waals surface area contributed by atoms with Gasteiger partial charge in [-0.2, -0.15) is 0 Å². The number of hydrogen-bond acceptors (Lipinski definition) is 3. The van der Waals surface area contributed by atoms with Crippen LogP contribution in [0.1, 0.15) is 12.1 Å². The first kappa shape index (κ1) is 14.1. The van der Waals surface area contributed by atoms with Gasteiger partial charge < -0.3 is 9.30 Å². The molecule has 0 aliphatic carbocycles. The Balaban J connectivity index is 1.97. The number of methoxy groups -OCH3 is 1. The Bertz CT molecular complexity index is 682. The second-order valence-corrected chi connectivity index (χ2v) is 5.40.